The molecule has 0 radical (unpaired) electrons. The monoisotopic (exact) mass is 1410 g/mol. The highest BCUT2D eigenvalue weighted by Gasteiger charge is 2.37. The first-order valence-electron chi connectivity index (χ1n) is 38.3. The normalized spacial score (nSPS) is 15.3. The average Bonchev–Trinajstić information content (AvgIpc) is 1.53. The molecule has 0 bridgehead atoms. The van der Waals surface area contributed by atoms with Gasteiger partial charge in [0.25, 0.3) is 0 Å². The summed E-state index contributed by atoms with van der Waals surface area (Å²) >= 11 is 5.82. The number of nitrogens with zero attached hydrogens (tertiary/aromatic N) is 3. The van der Waals surface area contributed by atoms with Gasteiger partial charge in [-0.2, -0.15) is 0 Å². The lowest BCUT2D eigenvalue weighted by molar-refractivity contribution is 0.442. The van der Waals surface area contributed by atoms with Crippen molar-refractivity contribution in [3.8, 4) is 11.1 Å². The van der Waals surface area contributed by atoms with Crippen LogP contribution in [0.3, 0.4) is 0 Å². The Kier molecular flexibility index (Phi) is 12.8. The second-order valence-corrected chi connectivity index (χ2v) is 34.6. The maximum absolute atomic E-state index is 6.92. The molecule has 0 unspecified atom stereocenters. The van der Waals surface area contributed by atoms with Gasteiger partial charge in [0.1, 0.15) is 11.2 Å². The van der Waals surface area contributed by atoms with E-state index in [1.54, 1.807) is 5.56 Å². The molecule has 506 valence electrons. The van der Waals surface area contributed by atoms with Crippen LogP contribution in [0.1, 0.15) is 112 Å². The molecule has 6 heterocycles. The maximum Gasteiger partial charge on any atom is 0.138 e. The highest BCUT2D eigenvalue weighted by atomic mass is 32.1. The van der Waals surface area contributed by atoms with Crippen molar-refractivity contribution in [2.24, 2.45) is 0 Å². The van der Waals surface area contributed by atoms with Gasteiger partial charge in [-0.05, 0) is 212 Å². The van der Waals surface area contributed by atoms with E-state index in [4.69, 9.17) is 4.42 Å². The first kappa shape index (κ1) is 60.2. The molecule has 3 aliphatic carbocycles. The lowest BCUT2D eigenvalue weighted by Gasteiger charge is -2.28. The molecule has 15 aromatic carbocycles. The van der Waals surface area contributed by atoms with Gasteiger partial charge in [-0.15, -0.1) is 34.0 Å². The smallest absolute Gasteiger partial charge is 0.138 e. The predicted octanol–water partition coefficient (Wildman–Crippen LogP) is 30.6. The second-order valence-electron chi connectivity index (χ2n) is 31.5. The molecule has 106 heavy (non-hydrogen) atoms. The minimum Gasteiger partial charge on any atom is -0.456 e. The van der Waals surface area contributed by atoms with E-state index < -0.39 is 0 Å². The minimum absolute atomic E-state index is 0.297. The Morgan fingerprint density at radius 3 is 1.53 bits per heavy atom. The van der Waals surface area contributed by atoms with Gasteiger partial charge in [0.15, 0.2) is 0 Å². The topological polar surface area (TPSA) is 24.0 Å². The van der Waals surface area contributed by atoms with Crippen LogP contribution in [0.4, 0.5) is 34.1 Å². The summed E-state index contributed by atoms with van der Waals surface area (Å²) in [7, 11) is 0. The van der Waals surface area contributed by atoms with Gasteiger partial charge in [0, 0.05) is 132 Å². The number of benzene rings is 15. The number of thiophene rings is 3. The van der Waals surface area contributed by atoms with Crippen LogP contribution in [0.5, 0.6) is 0 Å². The van der Waals surface area contributed by atoms with Crippen molar-refractivity contribution in [1.82, 2.24) is 4.40 Å². The van der Waals surface area contributed by atoms with E-state index in [1.807, 2.05) is 34.0 Å². The molecule has 0 aliphatic heterocycles. The van der Waals surface area contributed by atoms with Gasteiger partial charge >= 0.3 is 0 Å². The molecule has 0 N–H and O–H groups in total. The Hall–Kier alpha value is -11.1. The predicted molar refractivity (Wildman–Crippen MR) is 458 cm³/mol. The largest absolute Gasteiger partial charge is 0.456 e. The van der Waals surface area contributed by atoms with Crippen molar-refractivity contribution in [2.45, 2.75) is 95.3 Å². The summed E-state index contributed by atoms with van der Waals surface area (Å²) in [5.41, 5.74) is 20.5. The van der Waals surface area contributed by atoms with E-state index >= 15 is 0 Å². The van der Waals surface area contributed by atoms with Gasteiger partial charge in [-0.25, -0.2) is 0 Å². The van der Waals surface area contributed by atoms with Crippen LogP contribution in [0.15, 0.2) is 265 Å². The van der Waals surface area contributed by atoms with Crippen LogP contribution >= 0.6 is 34.0 Å². The zero-order valence-electron chi connectivity index (χ0n) is 59.0. The SMILES string of the molecule is CC1(C)c2cc(N(c3ccc4c(c3)sc3c5ccccc5ccc43)c3ccc4oc5c(C6CCCCC6)cccc5c4c3)ccc2-c2cc3cc4c(cc3cc21)c1cccc2c3ccc(N(c5ccc6c(c5)sc5c7ccccc7ccc65)c5ccc6sc7c(C8CCCCC8)cccc7c6c5)cc3n4c21. The Bertz CT molecular complexity index is 7370. The van der Waals surface area contributed by atoms with Crippen molar-refractivity contribution >= 4 is 221 Å². The number of fused-ring (bicyclic) bond motifs is 26. The average molecular weight is 1410 g/mol. The molecule has 4 nitrogen and oxygen atoms in total. The summed E-state index contributed by atoms with van der Waals surface area (Å²) in [4.78, 5) is 5.06. The number of furan rings is 1. The third-order valence-corrected chi connectivity index (χ3v) is 29.0. The molecule has 24 rings (SSSR count). The molecule has 0 spiro atoms. The number of aromatic nitrogens is 1. The molecule has 0 saturated heterocycles. The van der Waals surface area contributed by atoms with E-state index in [-0.39, 0.29) is 5.41 Å². The van der Waals surface area contributed by atoms with E-state index in [0.717, 1.165) is 50.7 Å². The molecular weight excluding hydrogens is 1340 g/mol. The maximum atomic E-state index is 6.92. The molecule has 7 heteroatoms. The van der Waals surface area contributed by atoms with Crippen LogP contribution in [0.2, 0.25) is 0 Å². The Morgan fingerprint density at radius 2 is 0.821 bits per heavy atom. The summed E-state index contributed by atoms with van der Waals surface area (Å²) in [5, 5.41) is 23.1. The summed E-state index contributed by atoms with van der Waals surface area (Å²) in [6.07, 6.45) is 12.9. The van der Waals surface area contributed by atoms with E-state index in [9.17, 15) is 0 Å². The molecular formula is C99H71N3OS3. The zero-order chi connectivity index (χ0) is 69.4. The van der Waals surface area contributed by atoms with Crippen LogP contribution in [0, 0.1) is 0 Å². The first-order valence-corrected chi connectivity index (χ1v) is 40.8. The zero-order valence-corrected chi connectivity index (χ0v) is 61.5. The van der Waals surface area contributed by atoms with Crippen LogP contribution in [-0.2, 0) is 5.41 Å². The Balaban J connectivity index is 0.660. The van der Waals surface area contributed by atoms with E-state index in [0.29, 0.717) is 11.8 Å². The van der Waals surface area contributed by atoms with Crippen molar-refractivity contribution < 1.29 is 4.42 Å². The van der Waals surface area contributed by atoms with E-state index in [1.165, 1.54) is 228 Å². The highest BCUT2D eigenvalue weighted by Crippen LogP contribution is 2.55. The molecule has 6 aromatic heterocycles. The standard InChI is InChI=1S/C99H71N3OS3/c1-99(2)86-48-60-47-83-77-27-15-26-76-73-41-33-65(101(67-35-43-75-81-39-31-59-21-10-12-23-70(59)98(81)106-93(75)55-67)63-37-45-91-85(51-63)79-29-14-25-71(96(79)104-91)57-18-7-4-8-19-57)53-89(73)102(94(76)77)88(83)49-61(60)46-82(86)72-40-32-64(52-87(72)99)100(66-34-42-74-80-38-30-58-20-9-11-22-69(58)97(80)105-92(74)54-66)62-36-44-90-84(50-62)78-28-13-24-68(95(78)103-90)56-16-5-3-6-17-56/h9-15,20-57H,3-8,16-19H2,1-2H3. The summed E-state index contributed by atoms with van der Waals surface area (Å²) in [6.45, 7) is 4.89. The number of para-hydroxylation sites is 2. The van der Waals surface area contributed by atoms with Crippen LogP contribution < -0.4 is 9.80 Å². The molecule has 3 aliphatic rings. The van der Waals surface area contributed by atoms with Gasteiger partial charge in [0.2, 0.25) is 0 Å². The van der Waals surface area contributed by atoms with Crippen LogP contribution in [0.25, 0.3) is 164 Å². The molecule has 0 amide bonds. The van der Waals surface area contributed by atoms with Crippen molar-refractivity contribution in [1.29, 1.82) is 0 Å². The third-order valence-electron chi connectivity index (χ3n) is 25.4. The minimum atomic E-state index is -0.297. The molecule has 2 fully saturated rings. The molecule has 2 saturated carbocycles. The number of hydrogen-bond acceptors (Lipinski definition) is 6. The third kappa shape index (κ3) is 8.67. The first-order chi connectivity index (χ1) is 52.3. The molecule has 21 aromatic rings. The van der Waals surface area contributed by atoms with Gasteiger partial charge in [-0.1, -0.05) is 204 Å². The van der Waals surface area contributed by atoms with Crippen molar-refractivity contribution in [3.05, 3.63) is 283 Å². The fourth-order valence-corrected chi connectivity index (χ4v) is 24.0. The van der Waals surface area contributed by atoms with E-state index in [2.05, 4.69) is 289 Å². The second kappa shape index (κ2) is 22.5. The summed E-state index contributed by atoms with van der Waals surface area (Å²) in [6, 6.07) is 101. The van der Waals surface area contributed by atoms with Crippen molar-refractivity contribution in [3.63, 3.8) is 0 Å². The van der Waals surface area contributed by atoms with Crippen molar-refractivity contribution in [2.75, 3.05) is 9.80 Å². The lowest BCUT2D eigenvalue weighted by Crippen LogP contribution is -2.16. The fraction of sp³-hybridized carbons (Fsp3) is 0.152. The van der Waals surface area contributed by atoms with Gasteiger partial charge < -0.3 is 18.6 Å². The molecule has 0 atom stereocenters. The number of rotatable bonds is 8. The quantitative estimate of drug-likeness (QED) is 0.152. The lowest BCUT2D eigenvalue weighted by atomic mass is 9.81. The van der Waals surface area contributed by atoms with Gasteiger partial charge in [0.05, 0.1) is 16.6 Å². The highest BCUT2D eigenvalue weighted by molar-refractivity contribution is 7.27. The van der Waals surface area contributed by atoms with Gasteiger partial charge in [-0.3, -0.25) is 0 Å². The Morgan fingerprint density at radius 1 is 0.321 bits per heavy atom. The summed E-state index contributed by atoms with van der Waals surface area (Å²) in [5.74, 6) is 1.17. The Labute approximate surface area is 624 Å². The van der Waals surface area contributed by atoms with Crippen LogP contribution in [-0.4, -0.2) is 4.40 Å². The number of hydrogen-bond donors (Lipinski definition) is 0. The summed E-state index contributed by atoms with van der Waals surface area (Å²) < 4.78 is 17.6. The number of anilines is 6. The fourth-order valence-electron chi connectivity index (χ4n) is 20.2.